The Labute approximate surface area is 105 Å². The van der Waals surface area contributed by atoms with Gasteiger partial charge in [0.25, 0.3) is 0 Å². The quantitative estimate of drug-likeness (QED) is 0.871. The molecule has 0 heterocycles. The van der Waals surface area contributed by atoms with Crippen LogP contribution in [0.1, 0.15) is 19.4 Å². The van der Waals surface area contributed by atoms with Crippen LogP contribution in [0.2, 0.25) is 0 Å². The molecule has 0 aromatic heterocycles. The molecule has 0 spiro atoms. The van der Waals surface area contributed by atoms with Crippen molar-refractivity contribution in [2.45, 2.75) is 20.4 Å². The van der Waals surface area contributed by atoms with Gasteiger partial charge in [0.1, 0.15) is 5.82 Å². The molecule has 0 aliphatic carbocycles. The molecule has 0 fully saturated rings. The van der Waals surface area contributed by atoms with Crippen molar-refractivity contribution in [2.75, 3.05) is 6.54 Å². The average molecular weight is 253 g/mol. The van der Waals surface area contributed by atoms with E-state index < -0.39 is 11.9 Å². The summed E-state index contributed by atoms with van der Waals surface area (Å²) in [5.41, 5.74) is 0.768. The molecule has 0 aliphatic rings. The Morgan fingerprint density at radius 1 is 1.33 bits per heavy atom. The van der Waals surface area contributed by atoms with Crippen molar-refractivity contribution in [2.24, 2.45) is 5.92 Å². The molecule has 1 N–H and O–H groups in total. The second kappa shape index (κ2) is 6.14. The molecule has 0 aliphatic heterocycles. The Balaban J connectivity index is 2.71. The van der Waals surface area contributed by atoms with Crippen molar-refractivity contribution >= 4 is 11.9 Å². The predicted octanol–water partition coefficient (Wildman–Crippen LogP) is 1.89. The summed E-state index contributed by atoms with van der Waals surface area (Å²) in [5, 5.41) is 8.83. The van der Waals surface area contributed by atoms with E-state index in [1.165, 1.54) is 24.0 Å². The highest BCUT2D eigenvalue weighted by Gasteiger charge is 2.18. The predicted molar refractivity (Wildman–Crippen MR) is 64.3 cm³/mol. The summed E-state index contributed by atoms with van der Waals surface area (Å²) in [6, 6.07) is 5.79. The number of benzene rings is 1. The van der Waals surface area contributed by atoms with E-state index in [2.05, 4.69) is 0 Å². The molecule has 0 saturated carbocycles. The van der Waals surface area contributed by atoms with Gasteiger partial charge in [-0.2, -0.15) is 0 Å². The van der Waals surface area contributed by atoms with Gasteiger partial charge in [-0.1, -0.05) is 19.1 Å². The highest BCUT2D eigenvalue weighted by Crippen LogP contribution is 2.09. The maximum atomic E-state index is 12.7. The lowest BCUT2D eigenvalue weighted by Crippen LogP contribution is -2.34. The van der Waals surface area contributed by atoms with E-state index in [1.54, 1.807) is 19.1 Å². The summed E-state index contributed by atoms with van der Waals surface area (Å²) in [5.74, 6) is -2.12. The molecule has 5 heteroatoms. The lowest BCUT2D eigenvalue weighted by molar-refractivity contribution is -0.142. The normalized spacial score (nSPS) is 11.9. The largest absolute Gasteiger partial charge is 0.481 e. The number of halogens is 1. The minimum absolute atomic E-state index is 0.141. The Morgan fingerprint density at radius 2 is 1.89 bits per heavy atom. The summed E-state index contributed by atoms with van der Waals surface area (Å²) < 4.78 is 12.7. The Kier molecular flexibility index (Phi) is 4.83. The second-order valence-corrected chi connectivity index (χ2v) is 4.27. The maximum absolute atomic E-state index is 12.7. The lowest BCUT2D eigenvalue weighted by Gasteiger charge is -2.23. The van der Waals surface area contributed by atoms with Crippen LogP contribution in [0, 0.1) is 11.7 Å². The van der Waals surface area contributed by atoms with Crippen LogP contribution in [0.3, 0.4) is 0 Å². The van der Waals surface area contributed by atoms with Gasteiger partial charge in [0.15, 0.2) is 0 Å². The molecule has 0 radical (unpaired) electrons. The fourth-order valence-electron chi connectivity index (χ4n) is 1.52. The fraction of sp³-hybridized carbons (Fsp3) is 0.385. The fourth-order valence-corrected chi connectivity index (χ4v) is 1.52. The molecule has 1 rings (SSSR count). The van der Waals surface area contributed by atoms with Crippen LogP contribution in [0.4, 0.5) is 4.39 Å². The summed E-state index contributed by atoms with van der Waals surface area (Å²) in [6.45, 7) is 3.36. The zero-order valence-electron chi connectivity index (χ0n) is 10.4. The van der Waals surface area contributed by atoms with Gasteiger partial charge < -0.3 is 10.0 Å². The minimum Gasteiger partial charge on any atom is -0.481 e. The Hall–Kier alpha value is -1.91. The molecule has 0 bridgehead atoms. The number of hydrogen-bond donors (Lipinski definition) is 1. The first-order valence-corrected chi connectivity index (χ1v) is 5.63. The third-order valence-corrected chi connectivity index (χ3v) is 2.65. The first-order chi connectivity index (χ1) is 8.40. The number of rotatable bonds is 5. The van der Waals surface area contributed by atoms with E-state index in [0.717, 1.165) is 5.56 Å². The van der Waals surface area contributed by atoms with Crippen LogP contribution in [0.25, 0.3) is 0 Å². The molecule has 1 amide bonds. The highest BCUT2D eigenvalue weighted by atomic mass is 19.1. The molecule has 4 nitrogen and oxygen atoms in total. The number of carboxylic acids is 1. The van der Waals surface area contributed by atoms with Crippen LogP contribution in [0.15, 0.2) is 24.3 Å². The zero-order valence-corrected chi connectivity index (χ0v) is 10.4. The van der Waals surface area contributed by atoms with E-state index in [0.29, 0.717) is 0 Å². The molecule has 1 unspecified atom stereocenters. The van der Waals surface area contributed by atoms with E-state index in [-0.39, 0.29) is 24.8 Å². The molecule has 0 saturated heterocycles. The van der Waals surface area contributed by atoms with Crippen LogP contribution >= 0.6 is 0 Å². The van der Waals surface area contributed by atoms with Crippen LogP contribution < -0.4 is 0 Å². The number of nitrogens with zero attached hydrogens (tertiary/aromatic N) is 1. The third-order valence-electron chi connectivity index (χ3n) is 2.65. The van der Waals surface area contributed by atoms with E-state index in [9.17, 15) is 14.0 Å². The molecular weight excluding hydrogens is 237 g/mol. The molecule has 18 heavy (non-hydrogen) atoms. The SMILES string of the molecule is CC(=O)N(Cc1ccc(F)cc1)CC(C)C(=O)O. The van der Waals surface area contributed by atoms with Crippen molar-refractivity contribution in [3.8, 4) is 0 Å². The standard InChI is InChI=1S/C13H16FNO3/c1-9(13(17)18)7-15(10(2)16)8-11-3-5-12(14)6-4-11/h3-6,9H,7-8H2,1-2H3,(H,17,18). The first kappa shape index (κ1) is 14.2. The van der Waals surface area contributed by atoms with Crippen molar-refractivity contribution < 1.29 is 19.1 Å². The number of amides is 1. The van der Waals surface area contributed by atoms with Crippen molar-refractivity contribution in [3.63, 3.8) is 0 Å². The van der Waals surface area contributed by atoms with Crippen molar-refractivity contribution in [3.05, 3.63) is 35.6 Å². The molecule has 1 atom stereocenters. The van der Waals surface area contributed by atoms with Crippen LogP contribution in [0.5, 0.6) is 0 Å². The molecule has 1 aromatic carbocycles. The molecular formula is C13H16FNO3. The summed E-state index contributed by atoms with van der Waals surface area (Å²) in [6.07, 6.45) is 0. The van der Waals surface area contributed by atoms with Crippen LogP contribution in [-0.4, -0.2) is 28.4 Å². The average Bonchev–Trinajstić information content (AvgIpc) is 2.30. The Morgan fingerprint density at radius 3 is 2.33 bits per heavy atom. The number of hydrogen-bond acceptors (Lipinski definition) is 2. The smallest absolute Gasteiger partial charge is 0.308 e. The van der Waals surface area contributed by atoms with Gasteiger partial charge in [0, 0.05) is 20.0 Å². The summed E-state index contributed by atoms with van der Waals surface area (Å²) in [7, 11) is 0. The van der Waals surface area contributed by atoms with Gasteiger partial charge in [-0.15, -0.1) is 0 Å². The number of aliphatic carboxylic acids is 1. The molecule has 98 valence electrons. The van der Waals surface area contributed by atoms with Gasteiger partial charge in [-0.05, 0) is 17.7 Å². The van der Waals surface area contributed by atoms with E-state index in [4.69, 9.17) is 5.11 Å². The maximum Gasteiger partial charge on any atom is 0.308 e. The first-order valence-electron chi connectivity index (χ1n) is 5.63. The number of carboxylic acid groups (broad SMARTS) is 1. The van der Waals surface area contributed by atoms with Gasteiger partial charge in [-0.25, -0.2) is 4.39 Å². The monoisotopic (exact) mass is 253 g/mol. The zero-order chi connectivity index (χ0) is 13.7. The van der Waals surface area contributed by atoms with Gasteiger partial charge in [0.05, 0.1) is 5.92 Å². The number of carbonyl (C=O) groups excluding carboxylic acids is 1. The van der Waals surface area contributed by atoms with Crippen molar-refractivity contribution in [1.29, 1.82) is 0 Å². The summed E-state index contributed by atoms with van der Waals surface area (Å²) in [4.78, 5) is 23.6. The van der Waals surface area contributed by atoms with E-state index in [1.807, 2.05) is 0 Å². The van der Waals surface area contributed by atoms with Gasteiger partial charge in [0.2, 0.25) is 5.91 Å². The van der Waals surface area contributed by atoms with Gasteiger partial charge in [-0.3, -0.25) is 9.59 Å². The van der Waals surface area contributed by atoms with Crippen molar-refractivity contribution in [1.82, 2.24) is 4.90 Å². The van der Waals surface area contributed by atoms with Gasteiger partial charge >= 0.3 is 5.97 Å². The lowest BCUT2D eigenvalue weighted by atomic mass is 10.1. The third kappa shape index (κ3) is 4.16. The second-order valence-electron chi connectivity index (χ2n) is 4.27. The topological polar surface area (TPSA) is 57.6 Å². The molecule has 1 aromatic rings. The summed E-state index contributed by atoms with van der Waals surface area (Å²) >= 11 is 0. The number of carbonyl (C=O) groups is 2. The Bertz CT molecular complexity index is 430. The minimum atomic E-state index is -0.944. The van der Waals surface area contributed by atoms with E-state index >= 15 is 0 Å². The van der Waals surface area contributed by atoms with Crippen LogP contribution in [-0.2, 0) is 16.1 Å². The highest BCUT2D eigenvalue weighted by molar-refractivity contribution is 5.75.